The van der Waals surface area contributed by atoms with Crippen molar-refractivity contribution in [2.45, 2.75) is 6.42 Å². The Labute approximate surface area is 82.2 Å². The van der Waals surface area contributed by atoms with Crippen LogP contribution >= 0.6 is 0 Å². The molecule has 70 valence electrons. The second-order valence-corrected chi connectivity index (χ2v) is 3.52. The average molecular weight is 185 g/mol. The van der Waals surface area contributed by atoms with Gasteiger partial charge < -0.3 is 9.73 Å². The van der Waals surface area contributed by atoms with Gasteiger partial charge >= 0.3 is 0 Å². The summed E-state index contributed by atoms with van der Waals surface area (Å²) in [5, 5.41) is 4.40. The average Bonchev–Trinajstić information content (AvgIpc) is 2.88. The van der Waals surface area contributed by atoms with E-state index in [1.165, 1.54) is 16.5 Å². The maximum Gasteiger partial charge on any atom is 0.141 e. The van der Waals surface area contributed by atoms with Crippen LogP contribution in [0.15, 0.2) is 41.1 Å². The van der Waals surface area contributed by atoms with Gasteiger partial charge in [-0.2, -0.15) is 0 Å². The minimum absolute atomic E-state index is 1.00. The molecule has 14 heavy (non-hydrogen) atoms. The molecule has 0 saturated heterocycles. The standard InChI is InChI=1S/C12H11NO/c1-2-9-5-7-14-12(9)11(3-1)10-4-6-13-8-10/h1-3,5,7-8,13H,4,6H2. The SMILES string of the molecule is C1=C(c2cccc3ccoc23)CCN1. The van der Waals surface area contributed by atoms with Crippen molar-refractivity contribution in [2.24, 2.45) is 0 Å². The van der Waals surface area contributed by atoms with Gasteiger partial charge in [0.1, 0.15) is 5.58 Å². The minimum atomic E-state index is 1.00. The fourth-order valence-electron chi connectivity index (χ4n) is 1.93. The molecule has 3 rings (SSSR count). The first kappa shape index (κ1) is 7.68. The van der Waals surface area contributed by atoms with E-state index in [9.17, 15) is 0 Å². The number of rotatable bonds is 1. The molecule has 0 amide bonds. The largest absolute Gasteiger partial charge is 0.464 e. The second-order valence-electron chi connectivity index (χ2n) is 3.52. The van der Waals surface area contributed by atoms with E-state index in [4.69, 9.17) is 4.42 Å². The summed E-state index contributed by atoms with van der Waals surface area (Å²) in [5.41, 5.74) is 3.56. The first-order chi connectivity index (χ1) is 6.95. The molecule has 0 spiro atoms. The van der Waals surface area contributed by atoms with Crippen molar-refractivity contribution in [1.29, 1.82) is 0 Å². The van der Waals surface area contributed by atoms with Gasteiger partial charge in [-0.05, 0) is 18.1 Å². The fourth-order valence-corrected chi connectivity index (χ4v) is 1.93. The molecule has 2 heterocycles. The summed E-state index contributed by atoms with van der Waals surface area (Å²) >= 11 is 0. The van der Waals surface area contributed by atoms with Crippen molar-refractivity contribution in [2.75, 3.05) is 6.54 Å². The van der Waals surface area contributed by atoms with E-state index >= 15 is 0 Å². The highest BCUT2D eigenvalue weighted by Crippen LogP contribution is 2.28. The van der Waals surface area contributed by atoms with Crippen LogP contribution < -0.4 is 5.32 Å². The van der Waals surface area contributed by atoms with Gasteiger partial charge in [-0.15, -0.1) is 0 Å². The van der Waals surface area contributed by atoms with Crippen molar-refractivity contribution < 1.29 is 4.42 Å². The first-order valence-electron chi connectivity index (χ1n) is 4.84. The monoisotopic (exact) mass is 185 g/mol. The summed E-state index contributed by atoms with van der Waals surface area (Å²) in [7, 11) is 0. The van der Waals surface area contributed by atoms with Gasteiger partial charge in [0.25, 0.3) is 0 Å². The molecule has 1 aliphatic heterocycles. The van der Waals surface area contributed by atoms with Crippen LogP contribution in [-0.4, -0.2) is 6.54 Å². The molecule has 0 atom stereocenters. The van der Waals surface area contributed by atoms with Crippen LogP contribution in [0.4, 0.5) is 0 Å². The van der Waals surface area contributed by atoms with Gasteiger partial charge in [0.15, 0.2) is 0 Å². The van der Waals surface area contributed by atoms with Crippen LogP contribution in [0.2, 0.25) is 0 Å². The topological polar surface area (TPSA) is 25.2 Å². The van der Waals surface area contributed by atoms with E-state index < -0.39 is 0 Å². The molecular formula is C12H11NO. The molecule has 0 aliphatic carbocycles. The number of para-hydroxylation sites is 1. The molecule has 0 unspecified atom stereocenters. The lowest BCUT2D eigenvalue weighted by molar-refractivity contribution is 0.614. The quantitative estimate of drug-likeness (QED) is 0.739. The Bertz CT molecular complexity index is 496. The Morgan fingerprint density at radius 3 is 3.07 bits per heavy atom. The van der Waals surface area contributed by atoms with Crippen LogP contribution in [0, 0.1) is 0 Å². The minimum Gasteiger partial charge on any atom is -0.464 e. The second kappa shape index (κ2) is 2.91. The lowest BCUT2D eigenvalue weighted by atomic mass is 10.0. The van der Waals surface area contributed by atoms with Crippen LogP contribution in [0.25, 0.3) is 16.5 Å². The van der Waals surface area contributed by atoms with Crippen molar-refractivity contribution in [1.82, 2.24) is 5.32 Å². The smallest absolute Gasteiger partial charge is 0.141 e. The molecule has 0 radical (unpaired) electrons. The van der Waals surface area contributed by atoms with Crippen molar-refractivity contribution in [3.05, 3.63) is 42.3 Å². The first-order valence-corrected chi connectivity index (χ1v) is 4.84. The summed E-state index contributed by atoms with van der Waals surface area (Å²) in [6.07, 6.45) is 4.91. The lowest BCUT2D eigenvalue weighted by Crippen LogP contribution is -1.96. The molecular weight excluding hydrogens is 174 g/mol. The normalized spacial score (nSPS) is 15.6. The third kappa shape index (κ3) is 1.04. The predicted molar refractivity (Wildman–Crippen MR) is 56.8 cm³/mol. The van der Waals surface area contributed by atoms with E-state index in [2.05, 4.69) is 29.7 Å². The van der Waals surface area contributed by atoms with Gasteiger partial charge in [-0.1, -0.05) is 18.2 Å². The molecule has 1 aromatic heterocycles. The molecule has 2 heteroatoms. The maximum absolute atomic E-state index is 5.49. The molecule has 0 fully saturated rings. The van der Waals surface area contributed by atoms with Gasteiger partial charge in [-0.3, -0.25) is 0 Å². The maximum atomic E-state index is 5.49. The Morgan fingerprint density at radius 2 is 2.21 bits per heavy atom. The summed E-state index contributed by atoms with van der Waals surface area (Å²) < 4.78 is 5.49. The molecule has 0 bridgehead atoms. The van der Waals surface area contributed by atoms with Crippen molar-refractivity contribution in [3.8, 4) is 0 Å². The fraction of sp³-hybridized carbons (Fsp3) is 0.167. The third-order valence-electron chi connectivity index (χ3n) is 2.64. The van der Waals surface area contributed by atoms with Crippen molar-refractivity contribution in [3.63, 3.8) is 0 Å². The van der Waals surface area contributed by atoms with Crippen LogP contribution in [0.1, 0.15) is 12.0 Å². The molecule has 1 aliphatic rings. The van der Waals surface area contributed by atoms with Crippen LogP contribution in [0.5, 0.6) is 0 Å². The van der Waals surface area contributed by atoms with Gasteiger partial charge in [0.05, 0.1) is 6.26 Å². The van der Waals surface area contributed by atoms with E-state index in [-0.39, 0.29) is 0 Å². The van der Waals surface area contributed by atoms with E-state index in [1.807, 2.05) is 6.07 Å². The zero-order chi connectivity index (χ0) is 9.38. The lowest BCUT2D eigenvalue weighted by Gasteiger charge is -2.01. The zero-order valence-electron chi connectivity index (χ0n) is 7.79. The highest BCUT2D eigenvalue weighted by Gasteiger charge is 2.11. The molecule has 1 N–H and O–H groups in total. The number of hydrogen-bond acceptors (Lipinski definition) is 2. The molecule has 2 nitrogen and oxygen atoms in total. The Kier molecular flexibility index (Phi) is 1.60. The number of fused-ring (bicyclic) bond motifs is 1. The van der Waals surface area contributed by atoms with Gasteiger partial charge in [-0.25, -0.2) is 0 Å². The van der Waals surface area contributed by atoms with Gasteiger partial charge in [0, 0.05) is 23.7 Å². The summed E-state index contributed by atoms with van der Waals surface area (Å²) in [6.45, 7) is 1.03. The summed E-state index contributed by atoms with van der Waals surface area (Å²) in [5.74, 6) is 0. The number of hydrogen-bond donors (Lipinski definition) is 1. The molecule has 1 aromatic carbocycles. The zero-order valence-corrected chi connectivity index (χ0v) is 7.79. The van der Waals surface area contributed by atoms with Crippen LogP contribution in [-0.2, 0) is 0 Å². The summed E-state index contributed by atoms with van der Waals surface area (Å²) in [4.78, 5) is 0. The number of nitrogens with one attached hydrogen (secondary N) is 1. The van der Waals surface area contributed by atoms with E-state index in [0.29, 0.717) is 0 Å². The van der Waals surface area contributed by atoms with E-state index in [1.54, 1.807) is 6.26 Å². The number of furan rings is 1. The Morgan fingerprint density at radius 1 is 1.21 bits per heavy atom. The highest BCUT2D eigenvalue weighted by molar-refractivity contribution is 5.90. The molecule has 0 saturated carbocycles. The predicted octanol–water partition coefficient (Wildman–Crippen LogP) is 2.77. The van der Waals surface area contributed by atoms with Crippen LogP contribution in [0.3, 0.4) is 0 Å². The van der Waals surface area contributed by atoms with Crippen molar-refractivity contribution >= 4 is 16.5 Å². The van der Waals surface area contributed by atoms with E-state index in [0.717, 1.165) is 18.5 Å². The Balaban J connectivity index is 2.24. The highest BCUT2D eigenvalue weighted by atomic mass is 16.3. The third-order valence-corrected chi connectivity index (χ3v) is 2.64. The molecule has 2 aromatic rings. The Hall–Kier alpha value is -1.70. The summed E-state index contributed by atoms with van der Waals surface area (Å²) in [6, 6.07) is 8.27. The van der Waals surface area contributed by atoms with Gasteiger partial charge in [0.2, 0.25) is 0 Å². The number of benzene rings is 1.